The number of nitrogens with one attached hydrogen (secondary N) is 1. The Morgan fingerprint density at radius 1 is 1.31 bits per heavy atom. The van der Waals surface area contributed by atoms with Crippen molar-refractivity contribution in [1.29, 1.82) is 0 Å². The summed E-state index contributed by atoms with van der Waals surface area (Å²) in [5, 5.41) is 2.69. The van der Waals surface area contributed by atoms with Crippen LogP contribution in [0.25, 0.3) is 0 Å². The van der Waals surface area contributed by atoms with Crippen molar-refractivity contribution in [2.75, 3.05) is 39.8 Å². The lowest BCUT2D eigenvalue weighted by molar-refractivity contribution is -0.126. The van der Waals surface area contributed by atoms with Crippen LogP contribution in [0.4, 0.5) is 4.79 Å². The molecule has 0 aliphatic carbocycles. The van der Waals surface area contributed by atoms with E-state index in [1.54, 1.807) is 11.9 Å². The third-order valence-electron chi connectivity index (χ3n) is 5.30. The van der Waals surface area contributed by atoms with Gasteiger partial charge in [-0.2, -0.15) is 0 Å². The lowest BCUT2D eigenvalue weighted by Crippen LogP contribution is -2.53. The van der Waals surface area contributed by atoms with Gasteiger partial charge in [-0.15, -0.1) is 0 Å². The number of likely N-dealkylation sites (tertiary alicyclic amines) is 1. The van der Waals surface area contributed by atoms with E-state index in [1.165, 1.54) is 0 Å². The summed E-state index contributed by atoms with van der Waals surface area (Å²) in [5.41, 5.74) is -0.428. The van der Waals surface area contributed by atoms with E-state index in [2.05, 4.69) is 10.2 Å². The van der Waals surface area contributed by atoms with Crippen LogP contribution in [-0.4, -0.2) is 73.3 Å². The van der Waals surface area contributed by atoms with Crippen molar-refractivity contribution in [2.24, 2.45) is 0 Å². The normalized spacial score (nSPS) is 20.7. The first kappa shape index (κ1) is 18.5. The Balaban J connectivity index is 1.48. The minimum absolute atomic E-state index is 0.0176. The summed E-state index contributed by atoms with van der Waals surface area (Å²) in [6.07, 6.45) is 1.22. The van der Waals surface area contributed by atoms with Crippen LogP contribution < -0.4 is 10.1 Å². The molecule has 2 aliphatic heterocycles. The molecule has 142 valence electrons. The number of ether oxygens (including phenoxy) is 2. The molecule has 3 rings (SSSR count). The third-order valence-corrected chi connectivity index (χ3v) is 5.30. The highest BCUT2D eigenvalue weighted by atomic mass is 16.6. The fourth-order valence-electron chi connectivity index (χ4n) is 3.61. The van der Waals surface area contributed by atoms with Crippen molar-refractivity contribution in [1.82, 2.24) is 15.1 Å². The van der Waals surface area contributed by atoms with E-state index >= 15 is 0 Å². The number of hydrogen-bond donors (Lipinski definition) is 1. The van der Waals surface area contributed by atoms with Gasteiger partial charge in [-0.05, 0) is 19.1 Å². The molecule has 0 radical (unpaired) electrons. The SMILES string of the molecule is CNC(=O)[C@@H](C)N1CCC2(CC1)CN(CCOc1ccccc1)C(=O)O2. The maximum Gasteiger partial charge on any atom is 0.410 e. The Morgan fingerprint density at radius 3 is 2.65 bits per heavy atom. The second-order valence-electron chi connectivity index (χ2n) is 6.96. The highest BCUT2D eigenvalue weighted by Crippen LogP contribution is 2.33. The lowest BCUT2D eigenvalue weighted by atomic mass is 9.90. The number of carbonyl (C=O) groups is 2. The summed E-state index contributed by atoms with van der Waals surface area (Å²) in [4.78, 5) is 27.9. The largest absolute Gasteiger partial charge is 0.492 e. The van der Waals surface area contributed by atoms with Crippen LogP contribution in [0.1, 0.15) is 19.8 Å². The smallest absolute Gasteiger partial charge is 0.410 e. The number of carbonyl (C=O) groups excluding carboxylic acids is 2. The Labute approximate surface area is 154 Å². The molecule has 1 aromatic carbocycles. The minimum Gasteiger partial charge on any atom is -0.492 e. The minimum atomic E-state index is -0.428. The van der Waals surface area contributed by atoms with Crippen molar-refractivity contribution in [3.63, 3.8) is 0 Å². The third kappa shape index (κ3) is 4.09. The molecule has 1 aromatic rings. The standard InChI is InChI=1S/C19H27N3O4/c1-15(17(23)20-2)21-10-8-19(9-11-21)14-22(18(24)26-19)12-13-25-16-6-4-3-5-7-16/h3-7,15H,8-14H2,1-2H3,(H,20,23)/t15-/m1/s1. The molecule has 26 heavy (non-hydrogen) atoms. The second-order valence-corrected chi connectivity index (χ2v) is 6.96. The van der Waals surface area contributed by atoms with Crippen molar-refractivity contribution >= 4 is 12.0 Å². The van der Waals surface area contributed by atoms with Gasteiger partial charge in [-0.3, -0.25) is 9.69 Å². The number of hydrogen-bond acceptors (Lipinski definition) is 5. The predicted molar refractivity (Wildman–Crippen MR) is 97.1 cm³/mol. The zero-order chi connectivity index (χ0) is 18.6. The molecule has 2 amide bonds. The van der Waals surface area contributed by atoms with Crippen LogP contribution >= 0.6 is 0 Å². The Hall–Kier alpha value is -2.28. The van der Waals surface area contributed by atoms with Crippen molar-refractivity contribution in [2.45, 2.75) is 31.4 Å². The van der Waals surface area contributed by atoms with Crippen LogP contribution in [0.2, 0.25) is 0 Å². The molecule has 2 heterocycles. The molecule has 7 nitrogen and oxygen atoms in total. The molecule has 1 spiro atoms. The van der Waals surface area contributed by atoms with Gasteiger partial charge in [-0.1, -0.05) is 18.2 Å². The number of benzene rings is 1. The first-order chi connectivity index (χ1) is 12.5. The van der Waals surface area contributed by atoms with Crippen molar-refractivity contribution in [3.8, 4) is 5.75 Å². The lowest BCUT2D eigenvalue weighted by Gasteiger charge is -2.39. The van der Waals surface area contributed by atoms with E-state index in [9.17, 15) is 9.59 Å². The highest BCUT2D eigenvalue weighted by molar-refractivity contribution is 5.81. The number of rotatable bonds is 6. The molecular formula is C19H27N3O4. The van der Waals surface area contributed by atoms with Crippen molar-refractivity contribution < 1.29 is 19.1 Å². The summed E-state index contributed by atoms with van der Waals surface area (Å²) >= 11 is 0. The maximum atomic E-state index is 12.2. The number of amides is 2. The molecule has 1 N–H and O–H groups in total. The van der Waals surface area contributed by atoms with E-state index in [1.807, 2.05) is 37.3 Å². The van der Waals surface area contributed by atoms with Crippen LogP contribution in [0.15, 0.2) is 30.3 Å². The number of likely N-dealkylation sites (N-methyl/N-ethyl adjacent to an activating group) is 1. The van der Waals surface area contributed by atoms with E-state index in [4.69, 9.17) is 9.47 Å². The van der Waals surface area contributed by atoms with Crippen LogP contribution in [0.5, 0.6) is 5.75 Å². The van der Waals surface area contributed by atoms with Gasteiger partial charge < -0.3 is 19.7 Å². The van der Waals surface area contributed by atoms with Gasteiger partial charge in [0.05, 0.1) is 19.1 Å². The fraction of sp³-hybridized carbons (Fsp3) is 0.579. The van der Waals surface area contributed by atoms with E-state index in [0.29, 0.717) is 19.7 Å². The molecule has 7 heteroatoms. The quantitative estimate of drug-likeness (QED) is 0.831. The van der Waals surface area contributed by atoms with Gasteiger partial charge in [0.2, 0.25) is 5.91 Å². The summed E-state index contributed by atoms with van der Waals surface area (Å²) in [6.45, 7) is 4.94. The highest BCUT2D eigenvalue weighted by Gasteiger charge is 2.47. The molecule has 0 bridgehead atoms. The van der Waals surface area contributed by atoms with Crippen LogP contribution in [0, 0.1) is 0 Å². The summed E-state index contributed by atoms with van der Waals surface area (Å²) < 4.78 is 11.4. The zero-order valence-corrected chi connectivity index (χ0v) is 15.4. The average molecular weight is 361 g/mol. The van der Waals surface area contributed by atoms with Gasteiger partial charge in [-0.25, -0.2) is 4.79 Å². The van der Waals surface area contributed by atoms with E-state index in [0.717, 1.165) is 31.7 Å². The molecule has 1 atom stereocenters. The monoisotopic (exact) mass is 361 g/mol. The maximum absolute atomic E-state index is 12.2. The first-order valence-electron chi connectivity index (χ1n) is 9.14. The van der Waals surface area contributed by atoms with Crippen LogP contribution in [-0.2, 0) is 9.53 Å². The number of nitrogens with zero attached hydrogens (tertiary/aromatic N) is 2. The van der Waals surface area contributed by atoms with E-state index in [-0.39, 0.29) is 18.0 Å². The number of piperidine rings is 1. The molecule has 0 unspecified atom stereocenters. The molecule has 2 saturated heterocycles. The fourth-order valence-corrected chi connectivity index (χ4v) is 3.61. The van der Waals surface area contributed by atoms with Gasteiger partial charge in [0.1, 0.15) is 18.0 Å². The zero-order valence-electron chi connectivity index (χ0n) is 15.4. The summed E-state index contributed by atoms with van der Waals surface area (Å²) in [7, 11) is 1.65. The predicted octanol–water partition coefficient (Wildman–Crippen LogP) is 1.49. The Kier molecular flexibility index (Phi) is 5.66. The Bertz CT molecular complexity index is 629. The van der Waals surface area contributed by atoms with Gasteiger partial charge in [0.25, 0.3) is 0 Å². The summed E-state index contributed by atoms with van der Waals surface area (Å²) in [5.74, 6) is 0.815. The van der Waals surface area contributed by atoms with Gasteiger partial charge in [0, 0.05) is 33.0 Å². The molecule has 2 aliphatic rings. The summed E-state index contributed by atoms with van der Waals surface area (Å²) in [6, 6.07) is 9.40. The van der Waals surface area contributed by atoms with Gasteiger partial charge >= 0.3 is 6.09 Å². The molecule has 0 saturated carbocycles. The van der Waals surface area contributed by atoms with Gasteiger partial charge in [0.15, 0.2) is 0 Å². The Morgan fingerprint density at radius 2 is 2.00 bits per heavy atom. The molecular weight excluding hydrogens is 334 g/mol. The average Bonchev–Trinajstić information content (AvgIpc) is 2.97. The van der Waals surface area contributed by atoms with Crippen LogP contribution in [0.3, 0.4) is 0 Å². The van der Waals surface area contributed by atoms with Crippen molar-refractivity contribution in [3.05, 3.63) is 30.3 Å². The topological polar surface area (TPSA) is 71.1 Å². The van der Waals surface area contributed by atoms with E-state index < -0.39 is 5.60 Å². The molecule has 0 aromatic heterocycles. The first-order valence-corrected chi connectivity index (χ1v) is 9.14. The second kappa shape index (κ2) is 7.95. The number of para-hydroxylation sites is 1. The molecule has 2 fully saturated rings.